The summed E-state index contributed by atoms with van der Waals surface area (Å²) in [5, 5.41) is 9.99. The molecule has 0 spiro atoms. The molecule has 0 aliphatic carbocycles. The number of aromatic nitrogens is 3. The molecule has 7 heteroatoms. The van der Waals surface area contributed by atoms with Gasteiger partial charge in [0, 0.05) is 35.5 Å². The van der Waals surface area contributed by atoms with E-state index in [0.717, 1.165) is 40.7 Å². The van der Waals surface area contributed by atoms with Gasteiger partial charge in [0.2, 0.25) is 5.91 Å². The average Bonchev–Trinajstić information content (AvgIpc) is 3.32. The van der Waals surface area contributed by atoms with Gasteiger partial charge in [-0.2, -0.15) is 11.3 Å². The van der Waals surface area contributed by atoms with E-state index in [-0.39, 0.29) is 5.91 Å². The van der Waals surface area contributed by atoms with Crippen LogP contribution in [0.3, 0.4) is 0 Å². The van der Waals surface area contributed by atoms with Crippen LogP contribution in [-0.4, -0.2) is 20.4 Å². The minimum absolute atomic E-state index is 0.0110. The minimum Gasteiger partial charge on any atom is -0.350 e. The number of carbonyl (C=O) groups excluding carboxylic acids is 1. The molecule has 0 unspecified atom stereocenters. The number of thiophene rings is 1. The van der Waals surface area contributed by atoms with Crippen molar-refractivity contribution < 1.29 is 4.79 Å². The highest BCUT2D eigenvalue weighted by Gasteiger charge is 2.13. The van der Waals surface area contributed by atoms with E-state index in [4.69, 9.17) is 0 Å². The molecule has 1 amide bonds. The lowest BCUT2D eigenvalue weighted by Gasteiger charge is -2.11. The number of thiazole rings is 1. The standard InChI is InChI=1S/C17H18N4OS2/c22-16(7-13-11-24-17(20-13)12-4-6-23-10-12)18-8-14-9-21-5-2-1-3-15(21)19-14/h4,6,9-11H,1-3,5,7-8H2,(H,18,22). The smallest absolute Gasteiger partial charge is 0.226 e. The summed E-state index contributed by atoms with van der Waals surface area (Å²) in [5.74, 6) is 1.13. The predicted molar refractivity (Wildman–Crippen MR) is 96.1 cm³/mol. The summed E-state index contributed by atoms with van der Waals surface area (Å²) in [6.07, 6.45) is 5.84. The molecule has 24 heavy (non-hydrogen) atoms. The molecule has 4 rings (SSSR count). The minimum atomic E-state index is -0.0110. The molecule has 0 bridgehead atoms. The molecule has 3 aromatic rings. The summed E-state index contributed by atoms with van der Waals surface area (Å²) in [4.78, 5) is 21.3. The van der Waals surface area contributed by atoms with Crippen molar-refractivity contribution in [2.45, 2.75) is 38.8 Å². The molecule has 1 N–H and O–H groups in total. The third-order valence-electron chi connectivity index (χ3n) is 4.09. The second kappa shape index (κ2) is 6.86. The van der Waals surface area contributed by atoms with Crippen LogP contribution in [0.1, 0.15) is 30.1 Å². The van der Waals surface area contributed by atoms with Crippen LogP contribution in [0, 0.1) is 0 Å². The first-order chi connectivity index (χ1) is 11.8. The van der Waals surface area contributed by atoms with Gasteiger partial charge >= 0.3 is 0 Å². The van der Waals surface area contributed by atoms with Crippen LogP contribution in [0.4, 0.5) is 0 Å². The van der Waals surface area contributed by atoms with E-state index in [1.807, 2.05) is 16.8 Å². The van der Waals surface area contributed by atoms with Crippen molar-refractivity contribution in [2.24, 2.45) is 0 Å². The Morgan fingerprint density at radius 1 is 1.25 bits per heavy atom. The first-order valence-electron chi connectivity index (χ1n) is 8.06. The summed E-state index contributed by atoms with van der Waals surface area (Å²) >= 11 is 3.23. The molecule has 1 aliphatic heterocycles. The van der Waals surface area contributed by atoms with Crippen LogP contribution in [0.5, 0.6) is 0 Å². The predicted octanol–water partition coefficient (Wildman–Crippen LogP) is 3.26. The Bertz CT molecular complexity index is 811. The number of fused-ring (bicyclic) bond motifs is 1. The Morgan fingerprint density at radius 3 is 3.04 bits per heavy atom. The monoisotopic (exact) mass is 358 g/mol. The van der Waals surface area contributed by atoms with E-state index in [9.17, 15) is 4.79 Å². The van der Waals surface area contributed by atoms with Gasteiger partial charge in [0.05, 0.1) is 24.4 Å². The van der Waals surface area contributed by atoms with E-state index < -0.39 is 0 Å². The van der Waals surface area contributed by atoms with E-state index >= 15 is 0 Å². The zero-order valence-corrected chi connectivity index (χ0v) is 14.8. The number of amides is 1. The largest absolute Gasteiger partial charge is 0.350 e. The van der Waals surface area contributed by atoms with E-state index in [1.54, 1.807) is 22.7 Å². The third-order valence-corrected chi connectivity index (χ3v) is 5.71. The van der Waals surface area contributed by atoms with Crippen LogP contribution < -0.4 is 5.32 Å². The summed E-state index contributed by atoms with van der Waals surface area (Å²) in [5.41, 5.74) is 2.89. The second-order valence-electron chi connectivity index (χ2n) is 5.91. The van der Waals surface area contributed by atoms with Gasteiger partial charge in [-0.1, -0.05) is 0 Å². The molecule has 5 nitrogen and oxygen atoms in total. The fourth-order valence-corrected chi connectivity index (χ4v) is 4.41. The van der Waals surface area contributed by atoms with Crippen molar-refractivity contribution in [1.29, 1.82) is 0 Å². The van der Waals surface area contributed by atoms with Crippen molar-refractivity contribution in [1.82, 2.24) is 19.9 Å². The fraction of sp³-hybridized carbons (Fsp3) is 0.353. The Kier molecular flexibility index (Phi) is 4.44. The first-order valence-corrected chi connectivity index (χ1v) is 9.89. The van der Waals surface area contributed by atoms with Gasteiger partial charge in [-0.05, 0) is 24.3 Å². The summed E-state index contributed by atoms with van der Waals surface area (Å²) in [7, 11) is 0. The molecule has 0 aromatic carbocycles. The van der Waals surface area contributed by atoms with Gasteiger partial charge in [-0.25, -0.2) is 9.97 Å². The van der Waals surface area contributed by atoms with Gasteiger partial charge in [-0.3, -0.25) is 4.79 Å². The van der Waals surface area contributed by atoms with Crippen LogP contribution in [-0.2, 0) is 30.7 Å². The lowest BCUT2D eigenvalue weighted by Crippen LogP contribution is -2.24. The highest BCUT2D eigenvalue weighted by Crippen LogP contribution is 2.25. The average molecular weight is 358 g/mol. The lowest BCUT2D eigenvalue weighted by atomic mass is 10.2. The molecular weight excluding hydrogens is 340 g/mol. The van der Waals surface area contributed by atoms with E-state index in [1.165, 1.54) is 12.8 Å². The normalized spacial score (nSPS) is 13.7. The van der Waals surface area contributed by atoms with Crippen molar-refractivity contribution >= 4 is 28.6 Å². The van der Waals surface area contributed by atoms with Crippen molar-refractivity contribution in [3.05, 3.63) is 45.6 Å². The number of hydrogen-bond donors (Lipinski definition) is 1. The van der Waals surface area contributed by atoms with Gasteiger partial charge in [0.25, 0.3) is 0 Å². The molecule has 4 heterocycles. The maximum atomic E-state index is 12.1. The van der Waals surface area contributed by atoms with Gasteiger partial charge in [0.15, 0.2) is 0 Å². The van der Waals surface area contributed by atoms with Crippen molar-refractivity contribution in [3.8, 4) is 10.6 Å². The fourth-order valence-electron chi connectivity index (χ4n) is 2.88. The van der Waals surface area contributed by atoms with Crippen LogP contribution in [0.25, 0.3) is 10.6 Å². The van der Waals surface area contributed by atoms with E-state index in [0.29, 0.717) is 13.0 Å². The number of hydrogen-bond acceptors (Lipinski definition) is 5. The summed E-state index contributed by atoms with van der Waals surface area (Å²) in [6, 6.07) is 2.05. The second-order valence-corrected chi connectivity index (χ2v) is 7.55. The Hall–Kier alpha value is -1.99. The molecule has 1 aliphatic rings. The molecule has 0 saturated carbocycles. The third kappa shape index (κ3) is 3.42. The van der Waals surface area contributed by atoms with Crippen molar-refractivity contribution in [2.75, 3.05) is 0 Å². The van der Waals surface area contributed by atoms with Gasteiger partial charge < -0.3 is 9.88 Å². The van der Waals surface area contributed by atoms with Gasteiger partial charge in [0.1, 0.15) is 10.8 Å². The number of rotatable bonds is 5. The van der Waals surface area contributed by atoms with E-state index in [2.05, 4.69) is 31.4 Å². The molecule has 124 valence electrons. The van der Waals surface area contributed by atoms with Crippen molar-refractivity contribution in [3.63, 3.8) is 0 Å². The molecule has 0 saturated heterocycles. The highest BCUT2D eigenvalue weighted by molar-refractivity contribution is 7.14. The number of nitrogens with zero attached hydrogens (tertiary/aromatic N) is 3. The summed E-state index contributed by atoms with van der Waals surface area (Å²) in [6.45, 7) is 1.53. The maximum Gasteiger partial charge on any atom is 0.226 e. The summed E-state index contributed by atoms with van der Waals surface area (Å²) < 4.78 is 2.21. The molecule has 3 aromatic heterocycles. The Morgan fingerprint density at radius 2 is 2.21 bits per heavy atom. The quantitative estimate of drug-likeness (QED) is 0.761. The maximum absolute atomic E-state index is 12.1. The zero-order valence-electron chi connectivity index (χ0n) is 13.2. The Balaban J connectivity index is 1.33. The molecule has 0 atom stereocenters. The lowest BCUT2D eigenvalue weighted by molar-refractivity contribution is -0.120. The SMILES string of the molecule is O=C(Cc1csc(-c2ccsc2)n1)NCc1cn2c(n1)CCCC2. The number of imidazole rings is 1. The molecule has 0 radical (unpaired) electrons. The topological polar surface area (TPSA) is 59.8 Å². The van der Waals surface area contributed by atoms with Crippen LogP contribution >= 0.6 is 22.7 Å². The Labute approximate surface area is 148 Å². The number of carbonyl (C=O) groups is 1. The number of nitrogens with one attached hydrogen (secondary N) is 1. The first kappa shape index (κ1) is 15.5. The highest BCUT2D eigenvalue weighted by atomic mass is 32.1. The van der Waals surface area contributed by atoms with Crippen LogP contribution in [0.2, 0.25) is 0 Å². The van der Waals surface area contributed by atoms with Crippen LogP contribution in [0.15, 0.2) is 28.4 Å². The van der Waals surface area contributed by atoms with Gasteiger partial charge in [-0.15, -0.1) is 11.3 Å². The number of aryl methyl sites for hydroxylation is 2. The zero-order chi connectivity index (χ0) is 16.4. The molecule has 0 fully saturated rings. The molecular formula is C17H18N4OS2.